The summed E-state index contributed by atoms with van der Waals surface area (Å²) in [5.41, 5.74) is 2.26. The second kappa shape index (κ2) is 28.3. The van der Waals surface area contributed by atoms with E-state index in [9.17, 15) is 9.18 Å². The van der Waals surface area contributed by atoms with E-state index in [1.807, 2.05) is 69.2 Å². The SMILES string of the molecule is C=C(O)CC.CC.CC.CC.CCCN(CCC1(C)CCN(CC=NC)C(=O)O1)Cc1cc(OCC)c(-c2ccc(F)cc2)c(OCC)c1. The third-order valence-electron chi connectivity index (χ3n) is 7.16. The summed E-state index contributed by atoms with van der Waals surface area (Å²) in [6, 6.07) is 10.5. The lowest BCUT2D eigenvalue weighted by molar-refractivity contribution is -0.0428. The lowest BCUT2D eigenvalue weighted by Crippen LogP contribution is -2.49. The number of halogens is 1. The Hall–Kier alpha value is -3.59. The van der Waals surface area contributed by atoms with Gasteiger partial charge in [0.05, 0.1) is 31.1 Å². The van der Waals surface area contributed by atoms with Crippen LogP contribution in [0, 0.1) is 5.82 Å². The summed E-state index contributed by atoms with van der Waals surface area (Å²) < 4.78 is 31.6. The second-order valence-corrected chi connectivity index (χ2v) is 10.7. The maximum absolute atomic E-state index is 13.6. The van der Waals surface area contributed by atoms with E-state index < -0.39 is 5.60 Å². The van der Waals surface area contributed by atoms with Gasteiger partial charge in [-0.05, 0) is 75.5 Å². The number of aliphatic imine (C=N–C) groups is 1. The van der Waals surface area contributed by atoms with Crippen molar-refractivity contribution in [3.8, 4) is 22.6 Å². The molecule has 280 valence electrons. The molecule has 0 aromatic heterocycles. The van der Waals surface area contributed by atoms with E-state index in [1.54, 1.807) is 30.3 Å². The number of carbonyl (C=O) groups is 1. The Morgan fingerprint density at radius 1 is 1.02 bits per heavy atom. The van der Waals surface area contributed by atoms with Crippen LogP contribution < -0.4 is 9.47 Å². The van der Waals surface area contributed by atoms with Gasteiger partial charge in [-0.2, -0.15) is 0 Å². The Kier molecular flexibility index (Phi) is 27.4. The number of allylic oxidation sites excluding steroid dienone is 1. The first-order chi connectivity index (χ1) is 23.6. The molecule has 1 unspecified atom stereocenters. The van der Waals surface area contributed by atoms with Crippen molar-refractivity contribution in [2.24, 2.45) is 4.99 Å². The van der Waals surface area contributed by atoms with Crippen molar-refractivity contribution in [3.05, 3.63) is 60.1 Å². The molecule has 1 atom stereocenters. The van der Waals surface area contributed by atoms with Crippen molar-refractivity contribution < 1.29 is 28.5 Å². The van der Waals surface area contributed by atoms with Gasteiger partial charge < -0.3 is 24.2 Å². The summed E-state index contributed by atoms with van der Waals surface area (Å²) in [7, 11) is 1.70. The van der Waals surface area contributed by atoms with Crippen LogP contribution in [-0.4, -0.2) is 79.3 Å². The van der Waals surface area contributed by atoms with Crippen molar-refractivity contribution in [2.45, 2.75) is 114 Å². The molecule has 8 nitrogen and oxygen atoms in total. The maximum atomic E-state index is 13.6. The van der Waals surface area contributed by atoms with Gasteiger partial charge in [0.2, 0.25) is 0 Å². The lowest BCUT2D eigenvalue weighted by Gasteiger charge is -2.39. The highest BCUT2D eigenvalue weighted by Crippen LogP contribution is 2.40. The van der Waals surface area contributed by atoms with Crippen molar-refractivity contribution in [1.29, 1.82) is 0 Å². The zero-order valence-electron chi connectivity index (χ0n) is 32.8. The van der Waals surface area contributed by atoms with Crippen LogP contribution in [0.5, 0.6) is 11.5 Å². The summed E-state index contributed by atoms with van der Waals surface area (Å²) in [6.45, 7) is 29.7. The predicted molar refractivity (Wildman–Crippen MR) is 206 cm³/mol. The fraction of sp³-hybridized carbons (Fsp3) is 0.600. The number of aliphatic hydroxyl groups excluding tert-OH is 1. The number of ether oxygens (including phenoxy) is 3. The molecule has 2 aromatic rings. The minimum absolute atomic E-state index is 0.255. The number of aliphatic hydroxyl groups is 1. The van der Waals surface area contributed by atoms with E-state index in [2.05, 4.69) is 35.5 Å². The molecule has 2 aromatic carbocycles. The molecule has 0 saturated carbocycles. The average Bonchev–Trinajstić information content (AvgIpc) is 3.11. The van der Waals surface area contributed by atoms with E-state index in [0.29, 0.717) is 39.3 Å². The van der Waals surface area contributed by atoms with Crippen LogP contribution >= 0.6 is 0 Å². The van der Waals surface area contributed by atoms with Gasteiger partial charge in [0, 0.05) is 45.7 Å². The van der Waals surface area contributed by atoms with Gasteiger partial charge in [-0.3, -0.25) is 9.89 Å². The summed E-state index contributed by atoms with van der Waals surface area (Å²) >= 11 is 0. The van der Waals surface area contributed by atoms with E-state index in [0.717, 1.165) is 60.5 Å². The van der Waals surface area contributed by atoms with E-state index in [-0.39, 0.29) is 17.7 Å². The molecular formula is C40H68FN3O5. The smallest absolute Gasteiger partial charge is 0.410 e. The number of hydrogen-bond acceptors (Lipinski definition) is 7. The Balaban J connectivity index is 0. The fourth-order valence-electron chi connectivity index (χ4n) is 4.73. The molecule has 1 N–H and O–H groups in total. The number of rotatable bonds is 15. The van der Waals surface area contributed by atoms with Crippen molar-refractivity contribution in [3.63, 3.8) is 0 Å². The first-order valence-corrected chi connectivity index (χ1v) is 18.3. The summed E-state index contributed by atoms with van der Waals surface area (Å²) in [5, 5.41) is 8.17. The zero-order chi connectivity index (χ0) is 37.8. The molecule has 0 radical (unpaired) electrons. The lowest BCUT2D eigenvalue weighted by atomic mass is 9.95. The van der Waals surface area contributed by atoms with Crippen LogP contribution in [0.4, 0.5) is 9.18 Å². The van der Waals surface area contributed by atoms with Crippen LogP contribution in [-0.2, 0) is 11.3 Å². The van der Waals surface area contributed by atoms with Crippen molar-refractivity contribution in [1.82, 2.24) is 9.80 Å². The Labute approximate surface area is 298 Å². The predicted octanol–water partition coefficient (Wildman–Crippen LogP) is 10.7. The minimum atomic E-state index is -0.498. The van der Waals surface area contributed by atoms with Crippen LogP contribution in [0.2, 0.25) is 0 Å². The number of carbonyl (C=O) groups excluding carboxylic acids is 1. The van der Waals surface area contributed by atoms with E-state index in [4.69, 9.17) is 19.3 Å². The highest BCUT2D eigenvalue weighted by Gasteiger charge is 2.36. The second-order valence-electron chi connectivity index (χ2n) is 10.7. The molecule has 1 amide bonds. The standard InChI is InChI=1S/C30H42FN3O4.C4H8O.3C2H6/c1-6-16-33(17-13-30(4)14-18-34(19-15-32-5)29(35)38-30)22-23-20-26(36-7-2)28(27(21-23)37-8-3)24-9-11-25(31)12-10-24;1-3-4(2)5;3*1-2/h9-12,15,20-21H,6-8,13-14,16-19,22H2,1-5H3;5H,2-3H2,1H3;3*1-2H3. The number of cyclic esters (lactones) is 1. The topological polar surface area (TPSA) is 83.8 Å². The molecular weight excluding hydrogens is 621 g/mol. The van der Waals surface area contributed by atoms with Gasteiger partial charge in [0.15, 0.2) is 0 Å². The molecule has 1 aliphatic heterocycles. The minimum Gasteiger partial charge on any atom is -0.513 e. The molecule has 0 spiro atoms. The quantitative estimate of drug-likeness (QED) is 0.148. The first kappa shape index (κ1) is 47.5. The summed E-state index contributed by atoms with van der Waals surface area (Å²) in [5.74, 6) is 1.42. The monoisotopic (exact) mass is 690 g/mol. The molecule has 0 bridgehead atoms. The van der Waals surface area contributed by atoms with E-state index >= 15 is 0 Å². The number of benzene rings is 2. The van der Waals surface area contributed by atoms with Gasteiger partial charge in [0.25, 0.3) is 0 Å². The number of hydrogen-bond donors (Lipinski definition) is 1. The molecule has 1 saturated heterocycles. The molecule has 9 heteroatoms. The van der Waals surface area contributed by atoms with Gasteiger partial charge >= 0.3 is 6.09 Å². The zero-order valence-corrected chi connectivity index (χ0v) is 32.8. The third kappa shape index (κ3) is 18.1. The molecule has 1 heterocycles. The number of amides is 1. The highest BCUT2D eigenvalue weighted by atomic mass is 19.1. The van der Waals surface area contributed by atoms with Gasteiger partial charge in [-0.15, -0.1) is 0 Å². The highest BCUT2D eigenvalue weighted by molar-refractivity contribution is 5.77. The largest absolute Gasteiger partial charge is 0.513 e. The fourth-order valence-corrected chi connectivity index (χ4v) is 4.73. The molecule has 1 aliphatic rings. The Morgan fingerprint density at radius 3 is 1.98 bits per heavy atom. The van der Waals surface area contributed by atoms with Crippen LogP contribution in [0.1, 0.15) is 107 Å². The van der Waals surface area contributed by atoms with Gasteiger partial charge in [0.1, 0.15) is 22.9 Å². The Bertz CT molecular complexity index is 1160. The average molecular weight is 690 g/mol. The maximum Gasteiger partial charge on any atom is 0.410 e. The number of nitrogens with zero attached hydrogens (tertiary/aromatic N) is 3. The molecule has 3 rings (SSSR count). The third-order valence-corrected chi connectivity index (χ3v) is 7.16. The van der Waals surface area contributed by atoms with Crippen LogP contribution in [0.3, 0.4) is 0 Å². The van der Waals surface area contributed by atoms with Gasteiger partial charge in [-0.25, -0.2) is 9.18 Å². The van der Waals surface area contributed by atoms with Crippen LogP contribution in [0.25, 0.3) is 11.1 Å². The Morgan fingerprint density at radius 2 is 1.55 bits per heavy atom. The summed E-state index contributed by atoms with van der Waals surface area (Å²) in [4.78, 5) is 20.6. The molecule has 49 heavy (non-hydrogen) atoms. The van der Waals surface area contributed by atoms with Crippen LogP contribution in [0.15, 0.2) is 53.7 Å². The normalized spacial score (nSPS) is 14.9. The first-order valence-electron chi connectivity index (χ1n) is 18.3. The molecule has 0 aliphatic carbocycles. The summed E-state index contributed by atoms with van der Waals surface area (Å²) in [6.07, 6.45) is 4.65. The van der Waals surface area contributed by atoms with E-state index in [1.165, 1.54) is 12.1 Å². The van der Waals surface area contributed by atoms with Crippen molar-refractivity contribution in [2.75, 3.05) is 46.4 Å². The van der Waals surface area contributed by atoms with Gasteiger partial charge in [-0.1, -0.05) is 74.1 Å². The molecule has 1 fully saturated rings. The van der Waals surface area contributed by atoms with Crippen molar-refractivity contribution >= 4 is 12.3 Å².